The van der Waals surface area contributed by atoms with E-state index in [1.807, 2.05) is 19.0 Å². The quantitative estimate of drug-likeness (QED) is 0.848. The smallest absolute Gasteiger partial charge is 0.356 e. The number of carboxylic acid groups (broad SMARTS) is 1. The lowest BCUT2D eigenvalue weighted by Crippen LogP contribution is -2.18. The third kappa shape index (κ3) is 2.30. The van der Waals surface area contributed by atoms with Gasteiger partial charge in [-0.1, -0.05) is 0 Å². The van der Waals surface area contributed by atoms with Crippen molar-refractivity contribution in [2.75, 3.05) is 7.05 Å². The molecule has 6 heteroatoms. The molecule has 92 valence electrons. The third-order valence-electron chi connectivity index (χ3n) is 3.00. The van der Waals surface area contributed by atoms with Gasteiger partial charge in [-0.3, -0.25) is 9.69 Å². The molecule has 0 bridgehead atoms. The number of hydrogen-bond acceptors (Lipinski definition) is 4. The van der Waals surface area contributed by atoms with E-state index in [1.165, 1.54) is 0 Å². The number of aromatic nitrogens is 2. The molecule has 0 amide bonds. The van der Waals surface area contributed by atoms with Gasteiger partial charge in [-0.05, 0) is 19.9 Å². The zero-order valence-electron chi connectivity index (χ0n) is 10.2. The number of nitrogens with zero attached hydrogens (tertiary/aromatic N) is 4. The van der Waals surface area contributed by atoms with Crippen molar-refractivity contribution in [3.63, 3.8) is 0 Å². The zero-order valence-corrected chi connectivity index (χ0v) is 10.2. The van der Waals surface area contributed by atoms with Crippen LogP contribution in [0.3, 0.4) is 0 Å². The van der Waals surface area contributed by atoms with Crippen molar-refractivity contribution in [3.05, 3.63) is 17.5 Å². The molecule has 0 aliphatic carbocycles. The summed E-state index contributed by atoms with van der Waals surface area (Å²) in [5, 5.41) is 19.2. The second kappa shape index (κ2) is 4.20. The maximum Gasteiger partial charge on any atom is 0.356 e. The van der Waals surface area contributed by atoms with Crippen LogP contribution in [0.15, 0.2) is 11.2 Å². The lowest BCUT2D eigenvalue weighted by molar-refractivity contribution is 0.0689. The number of rotatable bonds is 3. The van der Waals surface area contributed by atoms with Crippen molar-refractivity contribution in [2.45, 2.75) is 32.9 Å². The first-order chi connectivity index (χ1) is 7.97. The maximum atomic E-state index is 10.8. The van der Waals surface area contributed by atoms with Gasteiger partial charge in [-0.15, -0.1) is 0 Å². The second-order valence-corrected chi connectivity index (χ2v) is 4.43. The van der Waals surface area contributed by atoms with Gasteiger partial charge in [0.05, 0.1) is 12.3 Å². The topological polar surface area (TPSA) is 70.7 Å². The summed E-state index contributed by atoms with van der Waals surface area (Å²) < 4.78 is 1.69. The molecular weight excluding hydrogens is 220 g/mol. The molecule has 2 rings (SSSR count). The Morgan fingerprint density at radius 1 is 1.65 bits per heavy atom. The van der Waals surface area contributed by atoms with Gasteiger partial charge in [-0.2, -0.15) is 10.2 Å². The molecule has 1 unspecified atom stereocenters. The molecule has 0 saturated carbocycles. The Kier molecular flexibility index (Phi) is 2.87. The van der Waals surface area contributed by atoms with Crippen LogP contribution in [0.2, 0.25) is 0 Å². The van der Waals surface area contributed by atoms with Gasteiger partial charge < -0.3 is 5.11 Å². The minimum Gasteiger partial charge on any atom is -0.476 e. The molecule has 0 fully saturated rings. The van der Waals surface area contributed by atoms with E-state index in [0.717, 1.165) is 17.8 Å². The molecule has 0 aromatic carbocycles. The first-order valence-corrected chi connectivity index (χ1v) is 5.54. The van der Waals surface area contributed by atoms with Gasteiger partial charge in [0.1, 0.15) is 0 Å². The fourth-order valence-electron chi connectivity index (χ4n) is 1.88. The molecule has 0 spiro atoms. The summed E-state index contributed by atoms with van der Waals surface area (Å²) in [4.78, 5) is 10.8. The summed E-state index contributed by atoms with van der Waals surface area (Å²) in [6.45, 7) is 4.52. The molecule has 1 aliphatic heterocycles. The second-order valence-electron chi connectivity index (χ2n) is 4.43. The molecule has 1 aromatic rings. The van der Waals surface area contributed by atoms with Crippen LogP contribution in [0, 0.1) is 6.92 Å². The number of carbonyl (C=O) groups is 1. The third-order valence-corrected chi connectivity index (χ3v) is 3.00. The Labute approximate surface area is 99.5 Å². The average molecular weight is 236 g/mol. The Bertz CT molecular complexity index is 478. The van der Waals surface area contributed by atoms with Crippen molar-refractivity contribution >= 4 is 11.7 Å². The van der Waals surface area contributed by atoms with Crippen molar-refractivity contribution in [1.29, 1.82) is 0 Å². The van der Waals surface area contributed by atoms with E-state index in [9.17, 15) is 4.79 Å². The van der Waals surface area contributed by atoms with E-state index in [2.05, 4.69) is 17.1 Å². The number of aryl methyl sites for hydroxylation is 1. The minimum atomic E-state index is -0.995. The highest BCUT2D eigenvalue weighted by atomic mass is 16.4. The fourth-order valence-corrected chi connectivity index (χ4v) is 1.88. The number of aromatic carboxylic acids is 1. The molecular formula is C11H16N4O2. The monoisotopic (exact) mass is 236 g/mol. The van der Waals surface area contributed by atoms with Crippen molar-refractivity contribution in [2.24, 2.45) is 5.10 Å². The molecule has 0 saturated heterocycles. The van der Waals surface area contributed by atoms with Crippen LogP contribution in [0.4, 0.5) is 0 Å². The Hall–Kier alpha value is -1.85. The molecule has 1 aromatic heterocycles. The van der Waals surface area contributed by atoms with Gasteiger partial charge in [0.25, 0.3) is 0 Å². The van der Waals surface area contributed by atoms with E-state index in [4.69, 9.17) is 5.11 Å². The SMILES string of the molecule is Cc1cc(C(=O)O)nn1CC1=NN(C)C(C)C1. The Morgan fingerprint density at radius 3 is 2.82 bits per heavy atom. The predicted octanol–water partition coefficient (Wildman–Crippen LogP) is 0.970. The first-order valence-electron chi connectivity index (χ1n) is 5.54. The molecule has 0 radical (unpaired) electrons. The van der Waals surface area contributed by atoms with E-state index in [1.54, 1.807) is 10.7 Å². The van der Waals surface area contributed by atoms with E-state index >= 15 is 0 Å². The van der Waals surface area contributed by atoms with Crippen LogP contribution < -0.4 is 0 Å². The van der Waals surface area contributed by atoms with Crippen LogP contribution >= 0.6 is 0 Å². The van der Waals surface area contributed by atoms with Gasteiger partial charge >= 0.3 is 5.97 Å². The summed E-state index contributed by atoms with van der Waals surface area (Å²) in [7, 11) is 1.94. The highest BCUT2D eigenvalue weighted by Gasteiger charge is 2.20. The van der Waals surface area contributed by atoms with Crippen LogP contribution in [0.5, 0.6) is 0 Å². The largest absolute Gasteiger partial charge is 0.476 e. The molecule has 17 heavy (non-hydrogen) atoms. The minimum absolute atomic E-state index is 0.0856. The van der Waals surface area contributed by atoms with Gasteiger partial charge in [0.2, 0.25) is 0 Å². The normalized spacial score (nSPS) is 19.6. The molecule has 1 aliphatic rings. The zero-order chi connectivity index (χ0) is 12.6. The van der Waals surface area contributed by atoms with Gasteiger partial charge in [0.15, 0.2) is 5.69 Å². The number of hydrogen-bond donors (Lipinski definition) is 1. The summed E-state index contributed by atoms with van der Waals surface area (Å²) in [6, 6.07) is 1.98. The summed E-state index contributed by atoms with van der Waals surface area (Å²) in [6.07, 6.45) is 0.901. The van der Waals surface area contributed by atoms with Crippen LogP contribution in [-0.4, -0.2) is 44.7 Å². The molecule has 1 atom stereocenters. The summed E-state index contributed by atoms with van der Waals surface area (Å²) in [5.41, 5.74) is 1.96. The standard InChI is InChI=1S/C11H16N4O2/c1-7-4-9(12-14(7)3)6-15-8(2)5-10(13-15)11(16)17/h5,7H,4,6H2,1-3H3,(H,16,17). The maximum absolute atomic E-state index is 10.8. The van der Waals surface area contributed by atoms with Crippen LogP contribution in [0.25, 0.3) is 0 Å². The molecule has 1 N–H and O–H groups in total. The Morgan fingerprint density at radius 2 is 2.35 bits per heavy atom. The van der Waals surface area contributed by atoms with Gasteiger partial charge in [0, 0.05) is 25.2 Å². The van der Waals surface area contributed by atoms with Crippen molar-refractivity contribution < 1.29 is 9.90 Å². The van der Waals surface area contributed by atoms with E-state index in [0.29, 0.717) is 12.6 Å². The molecule has 6 nitrogen and oxygen atoms in total. The van der Waals surface area contributed by atoms with Crippen molar-refractivity contribution in [3.8, 4) is 0 Å². The average Bonchev–Trinajstić information content (AvgIpc) is 2.73. The number of carboxylic acids is 1. The van der Waals surface area contributed by atoms with Gasteiger partial charge in [-0.25, -0.2) is 4.79 Å². The number of hydrazone groups is 1. The lowest BCUT2D eigenvalue weighted by atomic mass is 10.2. The fraction of sp³-hybridized carbons (Fsp3) is 0.545. The highest BCUT2D eigenvalue weighted by molar-refractivity contribution is 5.87. The highest BCUT2D eigenvalue weighted by Crippen LogP contribution is 2.14. The molecule has 2 heterocycles. The lowest BCUT2D eigenvalue weighted by Gasteiger charge is -2.11. The van der Waals surface area contributed by atoms with Crippen LogP contribution in [-0.2, 0) is 6.54 Å². The van der Waals surface area contributed by atoms with E-state index < -0.39 is 5.97 Å². The summed E-state index contributed by atoms with van der Waals surface area (Å²) in [5.74, 6) is -0.995. The summed E-state index contributed by atoms with van der Waals surface area (Å²) >= 11 is 0. The van der Waals surface area contributed by atoms with Crippen LogP contribution in [0.1, 0.15) is 29.5 Å². The first kappa shape index (κ1) is 11.6. The van der Waals surface area contributed by atoms with Crippen molar-refractivity contribution in [1.82, 2.24) is 14.8 Å². The van der Waals surface area contributed by atoms with E-state index in [-0.39, 0.29) is 5.69 Å². The predicted molar refractivity (Wildman–Crippen MR) is 63.2 cm³/mol. The Balaban J connectivity index is 2.14.